The fourth-order valence-electron chi connectivity index (χ4n) is 1.95. The van der Waals surface area contributed by atoms with E-state index < -0.39 is 0 Å². The molecule has 1 aromatic heterocycles. The van der Waals surface area contributed by atoms with Gasteiger partial charge < -0.3 is 10.2 Å². The zero-order chi connectivity index (χ0) is 13.5. The van der Waals surface area contributed by atoms with Crippen molar-refractivity contribution in [3.8, 4) is 0 Å². The molecule has 2 heterocycles. The molecular weight excluding hydrogens is 266 g/mol. The number of anilines is 1. The third kappa shape index (κ3) is 4.47. The Balaban J connectivity index is 1.67. The highest BCUT2D eigenvalue weighted by atomic mass is 32.1. The van der Waals surface area contributed by atoms with Crippen molar-refractivity contribution in [2.45, 2.75) is 25.7 Å². The molecule has 0 bridgehead atoms. The van der Waals surface area contributed by atoms with Crippen LogP contribution in [0.25, 0.3) is 0 Å². The molecule has 0 radical (unpaired) electrons. The van der Waals surface area contributed by atoms with Crippen LogP contribution in [0.15, 0.2) is 5.51 Å². The minimum atomic E-state index is -0.320. The third-order valence-electron chi connectivity index (χ3n) is 2.92. The van der Waals surface area contributed by atoms with Crippen LogP contribution in [0.5, 0.6) is 0 Å². The first-order chi connectivity index (χ1) is 9.25. The summed E-state index contributed by atoms with van der Waals surface area (Å²) in [5.74, 6) is 0.184. The Hall–Kier alpha value is -1.70. The van der Waals surface area contributed by atoms with Gasteiger partial charge in [0.1, 0.15) is 5.51 Å². The smallest absolute Gasteiger partial charge is 0.321 e. The number of rotatable bonds is 4. The number of hydrogen-bond acceptors (Lipinski definition) is 5. The van der Waals surface area contributed by atoms with Crippen LogP contribution in [0.4, 0.5) is 9.93 Å². The van der Waals surface area contributed by atoms with Crippen molar-refractivity contribution in [2.75, 3.05) is 25.0 Å². The zero-order valence-electron chi connectivity index (χ0n) is 10.6. The first-order valence-corrected chi connectivity index (χ1v) is 7.22. The second-order valence-electron chi connectivity index (χ2n) is 4.32. The van der Waals surface area contributed by atoms with E-state index >= 15 is 0 Å². The highest BCUT2D eigenvalue weighted by Gasteiger charge is 2.16. The summed E-state index contributed by atoms with van der Waals surface area (Å²) in [6, 6.07) is -0.320. The number of urea groups is 1. The van der Waals surface area contributed by atoms with E-state index in [4.69, 9.17) is 0 Å². The van der Waals surface area contributed by atoms with Crippen molar-refractivity contribution in [1.82, 2.24) is 20.4 Å². The lowest BCUT2D eigenvalue weighted by atomic mass is 10.2. The molecule has 0 atom stereocenters. The topological polar surface area (TPSA) is 87.2 Å². The molecule has 3 amide bonds. The number of hydrogen-bond donors (Lipinski definition) is 2. The van der Waals surface area contributed by atoms with Gasteiger partial charge in [-0.2, -0.15) is 0 Å². The lowest BCUT2D eigenvalue weighted by molar-refractivity contribution is -0.130. The van der Waals surface area contributed by atoms with Gasteiger partial charge in [-0.3, -0.25) is 10.1 Å². The Morgan fingerprint density at radius 2 is 2.32 bits per heavy atom. The van der Waals surface area contributed by atoms with Crippen molar-refractivity contribution in [2.24, 2.45) is 0 Å². The Labute approximate surface area is 115 Å². The molecule has 1 aliphatic heterocycles. The fraction of sp³-hybridized carbons (Fsp3) is 0.636. The van der Waals surface area contributed by atoms with Gasteiger partial charge in [0.05, 0.1) is 0 Å². The van der Waals surface area contributed by atoms with E-state index in [-0.39, 0.29) is 11.9 Å². The summed E-state index contributed by atoms with van der Waals surface area (Å²) < 4.78 is 0. The molecule has 0 aromatic carbocycles. The first-order valence-electron chi connectivity index (χ1n) is 6.34. The minimum absolute atomic E-state index is 0.184. The van der Waals surface area contributed by atoms with E-state index in [1.165, 1.54) is 11.3 Å². The lowest BCUT2D eigenvalue weighted by Crippen LogP contribution is -2.39. The molecule has 2 rings (SSSR count). The fourth-order valence-corrected chi connectivity index (χ4v) is 2.39. The minimum Gasteiger partial charge on any atom is -0.341 e. The summed E-state index contributed by atoms with van der Waals surface area (Å²) in [4.78, 5) is 25.1. The molecule has 104 valence electrons. The maximum atomic E-state index is 11.7. The van der Waals surface area contributed by atoms with Gasteiger partial charge in [0, 0.05) is 26.1 Å². The summed E-state index contributed by atoms with van der Waals surface area (Å²) in [5.41, 5.74) is 1.55. The van der Waals surface area contributed by atoms with Crippen molar-refractivity contribution < 1.29 is 9.59 Å². The second-order valence-corrected chi connectivity index (χ2v) is 5.15. The molecular formula is C11H17N5O2S. The number of amides is 3. The quantitative estimate of drug-likeness (QED) is 0.865. The van der Waals surface area contributed by atoms with Crippen molar-refractivity contribution in [3.05, 3.63) is 5.51 Å². The van der Waals surface area contributed by atoms with Gasteiger partial charge in [0.15, 0.2) is 0 Å². The normalized spacial score (nSPS) is 16.0. The summed E-state index contributed by atoms with van der Waals surface area (Å²) in [6.07, 6.45) is 3.74. The highest BCUT2D eigenvalue weighted by Crippen LogP contribution is 2.10. The summed E-state index contributed by atoms with van der Waals surface area (Å²) in [5, 5.41) is 13.1. The molecule has 2 N–H and O–H groups in total. The standard InChI is InChI=1S/C11H17N5O2S/c17-9-4-2-1-3-6-16(9)7-5-12-10(18)14-11-15-13-8-19-11/h8H,1-7H2,(H2,12,14,15,18). The summed E-state index contributed by atoms with van der Waals surface area (Å²) >= 11 is 1.26. The lowest BCUT2D eigenvalue weighted by Gasteiger charge is -2.20. The molecule has 1 aliphatic rings. The van der Waals surface area contributed by atoms with Gasteiger partial charge in [0.2, 0.25) is 11.0 Å². The van der Waals surface area contributed by atoms with Crippen LogP contribution in [0.2, 0.25) is 0 Å². The number of nitrogens with one attached hydrogen (secondary N) is 2. The van der Waals surface area contributed by atoms with E-state index in [0.717, 1.165) is 25.8 Å². The van der Waals surface area contributed by atoms with Crippen LogP contribution in [0.1, 0.15) is 25.7 Å². The molecule has 8 heteroatoms. The SMILES string of the molecule is O=C(NCCN1CCCCCC1=O)Nc1nncs1. The largest absolute Gasteiger partial charge is 0.341 e. The molecule has 7 nitrogen and oxygen atoms in total. The average Bonchev–Trinajstić information content (AvgIpc) is 2.80. The van der Waals surface area contributed by atoms with Gasteiger partial charge in [-0.05, 0) is 12.8 Å². The van der Waals surface area contributed by atoms with Crippen LogP contribution >= 0.6 is 11.3 Å². The van der Waals surface area contributed by atoms with Gasteiger partial charge in [-0.1, -0.05) is 17.8 Å². The second kappa shape index (κ2) is 7.03. The summed E-state index contributed by atoms with van der Waals surface area (Å²) in [7, 11) is 0. The molecule has 19 heavy (non-hydrogen) atoms. The predicted octanol–water partition coefficient (Wildman–Crippen LogP) is 1.06. The van der Waals surface area contributed by atoms with E-state index in [1.807, 2.05) is 4.90 Å². The Morgan fingerprint density at radius 3 is 3.11 bits per heavy atom. The average molecular weight is 283 g/mol. The highest BCUT2D eigenvalue weighted by molar-refractivity contribution is 7.13. The molecule has 0 unspecified atom stereocenters. The van der Waals surface area contributed by atoms with E-state index in [9.17, 15) is 9.59 Å². The predicted molar refractivity (Wildman–Crippen MR) is 72.0 cm³/mol. The Morgan fingerprint density at radius 1 is 1.42 bits per heavy atom. The maximum Gasteiger partial charge on any atom is 0.321 e. The van der Waals surface area contributed by atoms with Crippen LogP contribution in [-0.4, -0.2) is 46.7 Å². The molecule has 1 saturated heterocycles. The zero-order valence-corrected chi connectivity index (χ0v) is 11.4. The Bertz CT molecular complexity index is 423. The monoisotopic (exact) mass is 283 g/mol. The third-order valence-corrected chi connectivity index (χ3v) is 3.53. The van der Waals surface area contributed by atoms with Crippen LogP contribution in [-0.2, 0) is 4.79 Å². The van der Waals surface area contributed by atoms with E-state index in [1.54, 1.807) is 5.51 Å². The van der Waals surface area contributed by atoms with Crippen LogP contribution in [0.3, 0.4) is 0 Å². The number of nitrogens with zero attached hydrogens (tertiary/aromatic N) is 3. The maximum absolute atomic E-state index is 11.7. The molecule has 1 fully saturated rings. The van der Waals surface area contributed by atoms with Crippen molar-refractivity contribution in [1.29, 1.82) is 0 Å². The Kier molecular flexibility index (Phi) is 5.08. The van der Waals surface area contributed by atoms with E-state index in [0.29, 0.717) is 24.6 Å². The number of likely N-dealkylation sites (tertiary alicyclic amines) is 1. The van der Waals surface area contributed by atoms with Crippen molar-refractivity contribution >= 4 is 28.4 Å². The van der Waals surface area contributed by atoms with E-state index in [2.05, 4.69) is 20.8 Å². The number of aromatic nitrogens is 2. The summed E-state index contributed by atoms with van der Waals surface area (Å²) in [6.45, 7) is 1.79. The van der Waals surface area contributed by atoms with Crippen LogP contribution in [0, 0.1) is 0 Å². The molecule has 0 saturated carbocycles. The van der Waals surface area contributed by atoms with Gasteiger partial charge in [-0.25, -0.2) is 4.79 Å². The van der Waals surface area contributed by atoms with Crippen molar-refractivity contribution in [3.63, 3.8) is 0 Å². The van der Waals surface area contributed by atoms with Gasteiger partial charge >= 0.3 is 6.03 Å². The van der Waals surface area contributed by atoms with Gasteiger partial charge in [0.25, 0.3) is 0 Å². The molecule has 0 aliphatic carbocycles. The first kappa shape index (κ1) is 13.7. The van der Waals surface area contributed by atoms with Gasteiger partial charge in [-0.15, -0.1) is 10.2 Å². The molecule has 0 spiro atoms. The van der Waals surface area contributed by atoms with Crippen LogP contribution < -0.4 is 10.6 Å². The molecule has 1 aromatic rings. The number of carbonyl (C=O) groups excluding carboxylic acids is 2. The number of carbonyl (C=O) groups is 2.